The van der Waals surface area contributed by atoms with Crippen molar-refractivity contribution in [3.05, 3.63) is 46.3 Å². The Morgan fingerprint density at radius 1 is 1.14 bits per heavy atom. The molecule has 8 heteroatoms. The molecule has 6 nitrogen and oxygen atoms in total. The van der Waals surface area contributed by atoms with Crippen LogP contribution in [-0.4, -0.2) is 44.8 Å². The van der Waals surface area contributed by atoms with Gasteiger partial charge in [-0.1, -0.05) is 18.2 Å². The molecule has 0 atom stereocenters. The highest BCUT2D eigenvalue weighted by molar-refractivity contribution is 7.89. The van der Waals surface area contributed by atoms with E-state index in [4.69, 9.17) is 0 Å². The number of fused-ring (bicyclic) bond motifs is 1. The average Bonchev–Trinajstić information content (AvgIpc) is 3.05. The first-order valence-electron chi connectivity index (χ1n) is 10.2. The number of aryl methyl sites for hydroxylation is 1. The van der Waals surface area contributed by atoms with Crippen LogP contribution in [0.25, 0.3) is 0 Å². The van der Waals surface area contributed by atoms with Crippen LogP contribution in [0.2, 0.25) is 0 Å². The van der Waals surface area contributed by atoms with E-state index in [1.54, 1.807) is 46.8 Å². The predicted molar refractivity (Wildman–Crippen MR) is 115 cm³/mol. The van der Waals surface area contributed by atoms with Gasteiger partial charge in [-0.25, -0.2) is 8.42 Å². The maximum atomic E-state index is 12.8. The fourth-order valence-corrected chi connectivity index (χ4v) is 7.11. The Hall–Kier alpha value is -1.74. The molecule has 2 aliphatic rings. The monoisotopic (exact) mass is 434 g/mol. The molecule has 0 radical (unpaired) electrons. The number of amides is 1. The lowest BCUT2D eigenvalue weighted by molar-refractivity contribution is -0.917. The van der Waals surface area contributed by atoms with Crippen LogP contribution < -0.4 is 10.2 Å². The number of quaternary nitrogens is 1. The molecule has 2 aromatic rings. The average molecular weight is 435 g/mol. The normalized spacial score (nSPS) is 18.4. The molecule has 156 valence electrons. The third-order valence-corrected chi connectivity index (χ3v) is 8.97. The van der Waals surface area contributed by atoms with Crippen molar-refractivity contribution in [3.63, 3.8) is 0 Å². The van der Waals surface area contributed by atoms with Gasteiger partial charge in [0.1, 0.15) is 11.5 Å². The van der Waals surface area contributed by atoms with E-state index in [9.17, 15) is 13.2 Å². The smallest absolute Gasteiger partial charge is 0.243 e. The fraction of sp³-hybridized carbons (Fsp3) is 0.476. The van der Waals surface area contributed by atoms with Crippen molar-refractivity contribution in [1.29, 1.82) is 0 Å². The second-order valence-electron chi connectivity index (χ2n) is 7.84. The standard InChI is InChI=1S/C21H27N3O3S2/c1-16(25)22-21-19(18-9-5-6-10-20(18)28-21)15-23-11-13-24(14-12-23)29(26,27)17-7-3-2-4-8-17/h2-4,7-8H,5-6,9-15H2,1H3,(H,22,25)/p+1. The van der Waals surface area contributed by atoms with Crippen molar-refractivity contribution in [1.82, 2.24) is 4.31 Å². The highest BCUT2D eigenvalue weighted by Gasteiger charge is 2.32. The quantitative estimate of drug-likeness (QED) is 0.752. The highest BCUT2D eigenvalue weighted by atomic mass is 32.2. The minimum atomic E-state index is -3.42. The summed E-state index contributed by atoms with van der Waals surface area (Å²) in [5.74, 6) is -0.0291. The second kappa shape index (κ2) is 8.55. The van der Waals surface area contributed by atoms with Gasteiger partial charge in [0.25, 0.3) is 0 Å². The molecule has 0 spiro atoms. The van der Waals surface area contributed by atoms with Crippen LogP contribution in [0.1, 0.15) is 35.8 Å². The Morgan fingerprint density at radius 3 is 2.52 bits per heavy atom. The first-order valence-corrected chi connectivity index (χ1v) is 12.5. The number of carbonyl (C=O) groups excluding carboxylic acids is 1. The first-order chi connectivity index (χ1) is 13.9. The zero-order valence-corrected chi connectivity index (χ0v) is 18.4. The molecule has 1 amide bonds. The molecule has 2 N–H and O–H groups in total. The van der Waals surface area contributed by atoms with Gasteiger partial charge in [-0.3, -0.25) is 4.79 Å². The molecule has 1 saturated heterocycles. The number of rotatable bonds is 5. The van der Waals surface area contributed by atoms with Crippen molar-refractivity contribution in [2.45, 2.75) is 44.0 Å². The van der Waals surface area contributed by atoms with Crippen molar-refractivity contribution in [3.8, 4) is 0 Å². The van der Waals surface area contributed by atoms with Crippen molar-refractivity contribution >= 4 is 32.3 Å². The molecular formula is C21H28N3O3S2+. The topological polar surface area (TPSA) is 70.9 Å². The van der Waals surface area contributed by atoms with E-state index in [-0.39, 0.29) is 5.91 Å². The minimum absolute atomic E-state index is 0.0291. The third-order valence-electron chi connectivity index (χ3n) is 5.81. The second-order valence-corrected chi connectivity index (χ2v) is 10.9. The van der Waals surface area contributed by atoms with Gasteiger partial charge in [-0.2, -0.15) is 4.31 Å². The van der Waals surface area contributed by atoms with Gasteiger partial charge in [0, 0.05) is 17.4 Å². The molecule has 0 bridgehead atoms. The van der Waals surface area contributed by atoms with Gasteiger partial charge in [-0.05, 0) is 43.4 Å². The first kappa shape index (κ1) is 20.5. The Morgan fingerprint density at radius 2 is 1.83 bits per heavy atom. The maximum Gasteiger partial charge on any atom is 0.243 e. The molecule has 0 saturated carbocycles. The van der Waals surface area contributed by atoms with Crippen LogP contribution in [-0.2, 0) is 34.2 Å². The highest BCUT2D eigenvalue weighted by Crippen LogP contribution is 2.37. The lowest BCUT2D eigenvalue weighted by atomic mass is 9.95. The summed E-state index contributed by atoms with van der Waals surface area (Å²) < 4.78 is 27.3. The zero-order valence-electron chi connectivity index (χ0n) is 16.7. The number of piperazine rings is 1. The van der Waals surface area contributed by atoms with Gasteiger partial charge in [0.05, 0.1) is 31.1 Å². The molecule has 1 aliphatic carbocycles. The van der Waals surface area contributed by atoms with Crippen LogP contribution >= 0.6 is 11.3 Å². The zero-order chi connectivity index (χ0) is 20.4. The van der Waals surface area contributed by atoms with Crippen molar-refractivity contribution < 1.29 is 18.1 Å². The molecule has 29 heavy (non-hydrogen) atoms. The van der Waals surface area contributed by atoms with Crippen LogP contribution in [0.5, 0.6) is 0 Å². The van der Waals surface area contributed by atoms with E-state index in [1.807, 2.05) is 6.07 Å². The van der Waals surface area contributed by atoms with Gasteiger partial charge in [0.2, 0.25) is 15.9 Å². The number of carbonyl (C=O) groups is 1. The molecule has 2 heterocycles. The van der Waals surface area contributed by atoms with Crippen molar-refractivity contribution in [2.24, 2.45) is 0 Å². The SMILES string of the molecule is CC(=O)Nc1sc2c(c1C[NH+]1CCN(S(=O)(=O)c3ccccc3)CC1)CCCC2. The molecule has 1 aliphatic heterocycles. The number of sulfonamides is 1. The molecule has 1 aromatic heterocycles. The molecule has 4 rings (SSSR count). The van der Waals surface area contributed by atoms with Crippen LogP contribution in [0.15, 0.2) is 35.2 Å². The summed E-state index contributed by atoms with van der Waals surface area (Å²) in [5.41, 5.74) is 2.70. The van der Waals surface area contributed by atoms with Crippen LogP contribution in [0, 0.1) is 0 Å². The Balaban J connectivity index is 1.46. The molecular weight excluding hydrogens is 406 g/mol. The van der Waals surface area contributed by atoms with Gasteiger partial charge in [0.15, 0.2) is 0 Å². The summed E-state index contributed by atoms with van der Waals surface area (Å²) in [4.78, 5) is 14.8. The summed E-state index contributed by atoms with van der Waals surface area (Å²) in [6.45, 7) is 5.00. The van der Waals surface area contributed by atoms with E-state index < -0.39 is 10.0 Å². The maximum absolute atomic E-state index is 12.8. The fourth-order valence-electron chi connectivity index (χ4n) is 4.29. The van der Waals surface area contributed by atoms with Gasteiger partial charge in [-0.15, -0.1) is 11.3 Å². The number of hydrogen-bond donors (Lipinski definition) is 2. The lowest BCUT2D eigenvalue weighted by Gasteiger charge is -2.32. The molecule has 1 aromatic carbocycles. The predicted octanol–water partition coefficient (Wildman–Crippen LogP) is 1.67. The Kier molecular flexibility index (Phi) is 6.06. The van der Waals surface area contributed by atoms with E-state index >= 15 is 0 Å². The summed E-state index contributed by atoms with van der Waals surface area (Å²) in [7, 11) is -3.42. The lowest BCUT2D eigenvalue weighted by Crippen LogP contribution is -3.13. The Labute approximate surface area is 176 Å². The van der Waals surface area contributed by atoms with Gasteiger partial charge >= 0.3 is 0 Å². The van der Waals surface area contributed by atoms with E-state index in [0.717, 1.165) is 37.5 Å². The summed E-state index contributed by atoms with van der Waals surface area (Å²) in [6, 6.07) is 8.67. The number of benzene rings is 1. The largest absolute Gasteiger partial charge is 0.329 e. The van der Waals surface area contributed by atoms with Crippen molar-refractivity contribution in [2.75, 3.05) is 31.5 Å². The summed E-state index contributed by atoms with van der Waals surface area (Å²) in [5, 5.41) is 4.03. The van der Waals surface area contributed by atoms with Crippen LogP contribution in [0.3, 0.4) is 0 Å². The summed E-state index contributed by atoms with van der Waals surface area (Å²) in [6.07, 6.45) is 4.61. The number of anilines is 1. The van der Waals surface area contributed by atoms with Gasteiger partial charge < -0.3 is 10.2 Å². The number of nitrogens with one attached hydrogen (secondary N) is 2. The minimum Gasteiger partial charge on any atom is -0.329 e. The van der Waals surface area contributed by atoms with E-state index in [2.05, 4.69) is 5.32 Å². The van der Waals surface area contributed by atoms with Crippen LogP contribution in [0.4, 0.5) is 5.00 Å². The number of nitrogens with zero attached hydrogens (tertiary/aromatic N) is 1. The molecule has 1 fully saturated rings. The number of hydrogen-bond acceptors (Lipinski definition) is 4. The molecule has 0 unspecified atom stereocenters. The summed E-state index contributed by atoms with van der Waals surface area (Å²) >= 11 is 1.73. The van der Waals surface area contributed by atoms with E-state index in [1.165, 1.54) is 33.7 Å². The van der Waals surface area contributed by atoms with E-state index in [0.29, 0.717) is 18.0 Å². The third kappa shape index (κ3) is 4.40. The Bertz CT molecular complexity index is 978. The number of thiophene rings is 1.